The fourth-order valence-electron chi connectivity index (χ4n) is 5.33. The largest absolute Gasteiger partial charge is 0.300 e. The molecule has 2 heteroatoms. The van der Waals surface area contributed by atoms with Crippen molar-refractivity contribution in [1.82, 2.24) is 4.90 Å². The molecule has 1 aliphatic heterocycles. The van der Waals surface area contributed by atoms with Crippen LogP contribution in [0.15, 0.2) is 54.6 Å². The number of hydrogen-bond acceptors (Lipinski definition) is 2. The normalized spacial score (nSPS) is 21.2. The summed E-state index contributed by atoms with van der Waals surface area (Å²) in [5.74, 6) is 1.08. The number of piperidine rings is 1. The Morgan fingerprint density at radius 3 is 2.41 bits per heavy atom. The number of carbonyl (C=O) groups excluding carboxylic acids is 1. The summed E-state index contributed by atoms with van der Waals surface area (Å²) >= 11 is 0. The van der Waals surface area contributed by atoms with Gasteiger partial charge in [-0.1, -0.05) is 87.1 Å². The molecular formula is C27H35NO. The summed E-state index contributed by atoms with van der Waals surface area (Å²) in [5, 5.41) is 0. The first-order valence-electron chi connectivity index (χ1n) is 11.7. The lowest BCUT2D eigenvalue weighted by molar-refractivity contribution is 0.103. The van der Waals surface area contributed by atoms with Crippen molar-refractivity contribution in [3.8, 4) is 0 Å². The van der Waals surface area contributed by atoms with Gasteiger partial charge in [0.25, 0.3) is 0 Å². The minimum Gasteiger partial charge on any atom is -0.300 e. The molecular weight excluding hydrogens is 354 g/mol. The van der Waals surface area contributed by atoms with Crippen LogP contribution in [0.4, 0.5) is 0 Å². The highest BCUT2D eigenvalue weighted by atomic mass is 16.1. The molecule has 1 heterocycles. The Morgan fingerprint density at radius 2 is 1.59 bits per heavy atom. The number of hydrogen-bond donors (Lipinski definition) is 0. The van der Waals surface area contributed by atoms with Crippen molar-refractivity contribution in [3.63, 3.8) is 0 Å². The van der Waals surface area contributed by atoms with Gasteiger partial charge in [0.1, 0.15) is 0 Å². The molecule has 1 unspecified atom stereocenters. The van der Waals surface area contributed by atoms with Crippen molar-refractivity contribution < 1.29 is 4.79 Å². The first-order chi connectivity index (χ1) is 14.3. The Hall–Kier alpha value is -1.93. The molecule has 1 saturated carbocycles. The second-order valence-electron chi connectivity index (χ2n) is 9.07. The molecule has 2 nitrogen and oxygen atoms in total. The number of nitrogens with zero attached hydrogens (tertiary/aromatic N) is 1. The number of benzene rings is 2. The van der Waals surface area contributed by atoms with Gasteiger partial charge in [-0.3, -0.25) is 4.79 Å². The lowest BCUT2D eigenvalue weighted by Crippen LogP contribution is -2.42. The molecule has 1 aliphatic carbocycles. The van der Waals surface area contributed by atoms with Crippen molar-refractivity contribution in [2.24, 2.45) is 5.92 Å². The van der Waals surface area contributed by atoms with Crippen LogP contribution >= 0.6 is 0 Å². The zero-order valence-corrected chi connectivity index (χ0v) is 17.7. The van der Waals surface area contributed by atoms with Gasteiger partial charge < -0.3 is 4.90 Å². The summed E-state index contributed by atoms with van der Waals surface area (Å²) in [6, 6.07) is 18.7. The summed E-state index contributed by atoms with van der Waals surface area (Å²) in [6.07, 6.45) is 13.8. The summed E-state index contributed by atoms with van der Waals surface area (Å²) in [7, 11) is 0. The third-order valence-electron chi connectivity index (χ3n) is 6.99. The van der Waals surface area contributed by atoms with Gasteiger partial charge in [-0.05, 0) is 49.8 Å². The van der Waals surface area contributed by atoms with E-state index < -0.39 is 0 Å². The number of likely N-dealkylation sites (tertiary alicyclic amines) is 1. The molecule has 2 aromatic carbocycles. The van der Waals surface area contributed by atoms with Crippen LogP contribution in [-0.4, -0.2) is 29.8 Å². The first-order valence-corrected chi connectivity index (χ1v) is 11.7. The number of ketones is 1. The van der Waals surface area contributed by atoms with E-state index in [2.05, 4.69) is 17.0 Å². The van der Waals surface area contributed by atoms with E-state index in [1.807, 2.05) is 42.5 Å². The number of carbonyl (C=O) groups is 1. The van der Waals surface area contributed by atoms with Gasteiger partial charge in [0.15, 0.2) is 5.78 Å². The maximum absolute atomic E-state index is 12.8. The molecule has 0 bridgehead atoms. The quantitative estimate of drug-likeness (QED) is 0.519. The predicted molar refractivity (Wildman–Crippen MR) is 120 cm³/mol. The Morgan fingerprint density at radius 1 is 0.828 bits per heavy atom. The van der Waals surface area contributed by atoms with Crippen LogP contribution < -0.4 is 0 Å². The molecule has 0 radical (unpaired) electrons. The lowest BCUT2D eigenvalue weighted by atomic mass is 9.82. The van der Waals surface area contributed by atoms with Gasteiger partial charge in [-0.15, -0.1) is 0 Å². The minimum atomic E-state index is 0.126. The molecule has 1 saturated heterocycles. The smallest absolute Gasteiger partial charge is 0.193 e. The second kappa shape index (κ2) is 10.2. The molecule has 29 heavy (non-hydrogen) atoms. The van der Waals surface area contributed by atoms with Crippen LogP contribution in [0.5, 0.6) is 0 Å². The minimum absolute atomic E-state index is 0.126. The van der Waals surface area contributed by atoms with Crippen molar-refractivity contribution >= 4 is 5.78 Å². The summed E-state index contributed by atoms with van der Waals surface area (Å²) in [6.45, 7) is 2.38. The highest BCUT2D eigenvalue weighted by Crippen LogP contribution is 2.31. The van der Waals surface area contributed by atoms with Gasteiger partial charge in [0.05, 0.1) is 0 Å². The zero-order chi connectivity index (χ0) is 19.9. The average molecular weight is 390 g/mol. The van der Waals surface area contributed by atoms with E-state index in [1.54, 1.807) is 0 Å². The summed E-state index contributed by atoms with van der Waals surface area (Å²) < 4.78 is 0. The molecule has 4 rings (SSSR count). The highest BCUT2D eigenvalue weighted by molar-refractivity contribution is 6.09. The van der Waals surface area contributed by atoms with E-state index in [-0.39, 0.29) is 5.78 Å². The maximum atomic E-state index is 12.8. The Kier molecular flexibility index (Phi) is 7.16. The molecule has 1 atom stereocenters. The topological polar surface area (TPSA) is 20.3 Å². The van der Waals surface area contributed by atoms with Crippen LogP contribution in [0.2, 0.25) is 0 Å². The van der Waals surface area contributed by atoms with Gasteiger partial charge in [-0.2, -0.15) is 0 Å². The van der Waals surface area contributed by atoms with Crippen molar-refractivity contribution in [1.29, 1.82) is 0 Å². The SMILES string of the molecule is O=C(c1ccccc1)c1cccc(CCN2CCCCC2CC2CCCCC2)c1. The van der Waals surface area contributed by atoms with Crippen molar-refractivity contribution in [2.45, 2.75) is 70.3 Å². The fourth-order valence-corrected chi connectivity index (χ4v) is 5.33. The van der Waals surface area contributed by atoms with Crippen LogP contribution in [0.3, 0.4) is 0 Å². The molecule has 2 aliphatic rings. The van der Waals surface area contributed by atoms with Crippen molar-refractivity contribution in [3.05, 3.63) is 71.3 Å². The first kappa shape index (κ1) is 20.3. The van der Waals surface area contributed by atoms with Crippen LogP contribution in [-0.2, 0) is 6.42 Å². The average Bonchev–Trinajstić information content (AvgIpc) is 2.79. The van der Waals surface area contributed by atoms with Gasteiger partial charge >= 0.3 is 0 Å². The molecule has 154 valence electrons. The Balaban J connectivity index is 1.36. The predicted octanol–water partition coefficient (Wildman–Crippen LogP) is 6.29. The molecule has 0 amide bonds. The fraction of sp³-hybridized carbons (Fsp3) is 0.519. The summed E-state index contributed by atoms with van der Waals surface area (Å²) in [5.41, 5.74) is 2.87. The van der Waals surface area contributed by atoms with Crippen LogP contribution in [0, 0.1) is 5.92 Å². The molecule has 2 aromatic rings. The third-order valence-corrected chi connectivity index (χ3v) is 6.99. The standard InChI is InChI=1S/C27H35NO/c29-27(24-13-5-2-6-14-24)25-15-9-12-23(20-25)17-19-28-18-8-7-16-26(28)21-22-10-3-1-4-11-22/h2,5-6,9,12-15,20,22,26H,1,3-4,7-8,10-11,16-19,21H2. The lowest BCUT2D eigenvalue weighted by Gasteiger charge is -2.38. The second-order valence-corrected chi connectivity index (χ2v) is 9.07. The van der Waals surface area contributed by atoms with Crippen molar-refractivity contribution in [2.75, 3.05) is 13.1 Å². The zero-order valence-electron chi connectivity index (χ0n) is 17.7. The van der Waals surface area contributed by atoms with E-state index in [4.69, 9.17) is 0 Å². The van der Waals surface area contributed by atoms with Gasteiger partial charge in [0, 0.05) is 23.7 Å². The van der Waals surface area contributed by atoms with E-state index in [9.17, 15) is 4.79 Å². The number of rotatable bonds is 7. The van der Waals surface area contributed by atoms with Crippen LogP contribution in [0.25, 0.3) is 0 Å². The van der Waals surface area contributed by atoms with Crippen LogP contribution in [0.1, 0.15) is 79.3 Å². The molecule has 0 N–H and O–H groups in total. The third kappa shape index (κ3) is 5.57. The molecule has 2 fully saturated rings. The van der Waals surface area contributed by atoms with E-state index >= 15 is 0 Å². The van der Waals surface area contributed by atoms with E-state index in [0.29, 0.717) is 0 Å². The molecule has 0 aromatic heterocycles. The van der Waals surface area contributed by atoms with E-state index in [0.717, 1.165) is 36.1 Å². The monoisotopic (exact) mass is 389 g/mol. The van der Waals surface area contributed by atoms with E-state index in [1.165, 1.54) is 69.9 Å². The Bertz CT molecular complexity index is 778. The highest BCUT2D eigenvalue weighted by Gasteiger charge is 2.26. The van der Waals surface area contributed by atoms with Gasteiger partial charge in [0.2, 0.25) is 0 Å². The summed E-state index contributed by atoms with van der Waals surface area (Å²) in [4.78, 5) is 15.5. The molecule has 0 spiro atoms. The maximum Gasteiger partial charge on any atom is 0.193 e. The Labute approximate surface area is 176 Å². The van der Waals surface area contributed by atoms with Gasteiger partial charge in [-0.25, -0.2) is 0 Å².